The van der Waals surface area contributed by atoms with Crippen LogP contribution in [0.4, 0.5) is 0 Å². The Kier molecular flexibility index (Phi) is 4.85. The predicted octanol–water partition coefficient (Wildman–Crippen LogP) is 9.28. The van der Waals surface area contributed by atoms with Crippen molar-refractivity contribution in [2.45, 2.75) is 0 Å². The van der Waals surface area contributed by atoms with Crippen molar-refractivity contribution in [1.29, 1.82) is 5.26 Å². The van der Waals surface area contributed by atoms with Crippen molar-refractivity contribution in [3.8, 4) is 34.1 Å². The van der Waals surface area contributed by atoms with Crippen LogP contribution in [0.25, 0.3) is 71.8 Å². The summed E-state index contributed by atoms with van der Waals surface area (Å²) in [5.41, 5.74) is 9.56. The molecule has 4 heteroatoms. The lowest BCUT2D eigenvalue weighted by Gasteiger charge is -2.11. The molecular weight excluding hydrogens is 490 g/mol. The zero-order valence-electron chi connectivity index (χ0n) is 21.4. The molecule has 8 rings (SSSR count). The van der Waals surface area contributed by atoms with Crippen molar-refractivity contribution in [3.05, 3.63) is 133 Å². The van der Waals surface area contributed by atoms with E-state index in [1.165, 1.54) is 10.8 Å². The van der Waals surface area contributed by atoms with E-state index in [4.69, 9.17) is 4.42 Å². The Balaban J connectivity index is 1.34. The standard InChI is InChI=1S/C36H21N3O/c37-22-26-11-7-15-30(38-26)25-10-5-8-23(20-25)24-9-6-12-27(21-24)39-31-16-3-1-13-28(31)35-32(39)18-19-34-36(35)29-14-2-4-17-33(29)40-34/h1-21H. The third-order valence-corrected chi connectivity index (χ3v) is 7.64. The molecule has 4 nitrogen and oxygen atoms in total. The van der Waals surface area contributed by atoms with Crippen LogP contribution in [0.3, 0.4) is 0 Å². The fourth-order valence-corrected chi connectivity index (χ4v) is 5.89. The molecule has 0 saturated heterocycles. The predicted molar refractivity (Wildman–Crippen MR) is 161 cm³/mol. The molecule has 0 aliphatic rings. The number of furan rings is 1. The first-order valence-corrected chi connectivity index (χ1v) is 13.2. The van der Waals surface area contributed by atoms with Gasteiger partial charge in [0, 0.05) is 32.8 Å². The van der Waals surface area contributed by atoms with Crippen molar-refractivity contribution >= 4 is 43.7 Å². The largest absolute Gasteiger partial charge is 0.456 e. The Bertz CT molecular complexity index is 2300. The fourth-order valence-electron chi connectivity index (χ4n) is 5.89. The highest BCUT2D eigenvalue weighted by molar-refractivity contribution is 6.27. The number of nitriles is 1. The van der Waals surface area contributed by atoms with E-state index in [2.05, 4.69) is 101 Å². The van der Waals surface area contributed by atoms with Crippen LogP contribution >= 0.6 is 0 Å². The molecule has 8 aromatic rings. The van der Waals surface area contributed by atoms with Gasteiger partial charge in [0.2, 0.25) is 0 Å². The maximum Gasteiger partial charge on any atom is 0.141 e. The van der Waals surface area contributed by atoms with Gasteiger partial charge in [-0.3, -0.25) is 0 Å². The zero-order chi connectivity index (χ0) is 26.6. The van der Waals surface area contributed by atoms with Gasteiger partial charge in [0.15, 0.2) is 0 Å². The van der Waals surface area contributed by atoms with Gasteiger partial charge >= 0.3 is 0 Å². The van der Waals surface area contributed by atoms with E-state index in [0.29, 0.717) is 5.69 Å². The first-order chi connectivity index (χ1) is 19.8. The molecule has 0 amide bonds. The van der Waals surface area contributed by atoms with E-state index in [-0.39, 0.29) is 0 Å². The third-order valence-electron chi connectivity index (χ3n) is 7.64. The fraction of sp³-hybridized carbons (Fsp3) is 0. The molecule has 0 N–H and O–H groups in total. The Morgan fingerprint density at radius 3 is 2.23 bits per heavy atom. The van der Waals surface area contributed by atoms with Crippen molar-refractivity contribution < 1.29 is 4.42 Å². The number of aromatic nitrogens is 2. The SMILES string of the molecule is N#Cc1cccc(-c2cccc(-c3cccc(-n4c5ccccc5c5c6c(ccc54)oc4ccccc46)c3)c2)n1. The van der Waals surface area contributed by atoms with Gasteiger partial charge < -0.3 is 8.98 Å². The molecule has 186 valence electrons. The van der Waals surface area contributed by atoms with Crippen LogP contribution in [0, 0.1) is 11.3 Å². The number of pyridine rings is 1. The van der Waals surface area contributed by atoms with Crippen LogP contribution in [0.1, 0.15) is 5.69 Å². The maximum atomic E-state index is 9.29. The average molecular weight is 512 g/mol. The van der Waals surface area contributed by atoms with E-state index in [0.717, 1.165) is 61.0 Å². The number of rotatable bonds is 3. The maximum absolute atomic E-state index is 9.29. The molecule has 0 aliphatic carbocycles. The molecule has 40 heavy (non-hydrogen) atoms. The number of hydrogen-bond acceptors (Lipinski definition) is 3. The normalized spacial score (nSPS) is 11.5. The van der Waals surface area contributed by atoms with Gasteiger partial charge in [-0.25, -0.2) is 4.98 Å². The minimum Gasteiger partial charge on any atom is -0.456 e. The highest BCUT2D eigenvalue weighted by Crippen LogP contribution is 2.41. The van der Waals surface area contributed by atoms with E-state index in [9.17, 15) is 5.26 Å². The Morgan fingerprint density at radius 2 is 1.32 bits per heavy atom. The van der Waals surface area contributed by atoms with Crippen LogP contribution < -0.4 is 0 Å². The number of hydrogen-bond donors (Lipinski definition) is 0. The Labute approximate surface area is 230 Å². The molecule has 3 aromatic heterocycles. The molecule has 0 unspecified atom stereocenters. The molecule has 0 radical (unpaired) electrons. The first kappa shape index (κ1) is 22.3. The Morgan fingerprint density at radius 1 is 0.575 bits per heavy atom. The highest BCUT2D eigenvalue weighted by atomic mass is 16.3. The quantitative estimate of drug-likeness (QED) is 0.237. The number of benzene rings is 5. The smallest absolute Gasteiger partial charge is 0.141 e. The summed E-state index contributed by atoms with van der Waals surface area (Å²) in [6.07, 6.45) is 0. The van der Waals surface area contributed by atoms with Gasteiger partial charge in [-0.1, -0.05) is 72.8 Å². The second-order valence-corrected chi connectivity index (χ2v) is 9.93. The van der Waals surface area contributed by atoms with Gasteiger partial charge in [-0.05, 0) is 65.7 Å². The van der Waals surface area contributed by atoms with Crippen molar-refractivity contribution in [1.82, 2.24) is 9.55 Å². The van der Waals surface area contributed by atoms with Crippen molar-refractivity contribution in [2.75, 3.05) is 0 Å². The molecule has 0 aliphatic heterocycles. The number of nitrogens with zero attached hydrogens (tertiary/aromatic N) is 3. The van der Waals surface area contributed by atoms with Gasteiger partial charge in [0.05, 0.1) is 16.7 Å². The van der Waals surface area contributed by atoms with Crippen LogP contribution in [0.5, 0.6) is 0 Å². The Hall–Kier alpha value is -5.66. The van der Waals surface area contributed by atoms with Gasteiger partial charge in [-0.2, -0.15) is 5.26 Å². The minimum atomic E-state index is 0.413. The minimum absolute atomic E-state index is 0.413. The summed E-state index contributed by atoms with van der Waals surface area (Å²) in [5, 5.41) is 14.0. The van der Waals surface area contributed by atoms with Crippen LogP contribution in [0.2, 0.25) is 0 Å². The van der Waals surface area contributed by atoms with Gasteiger partial charge in [-0.15, -0.1) is 0 Å². The summed E-state index contributed by atoms with van der Waals surface area (Å²) in [6, 6.07) is 45.7. The zero-order valence-corrected chi connectivity index (χ0v) is 21.4. The van der Waals surface area contributed by atoms with Gasteiger partial charge in [0.1, 0.15) is 22.9 Å². The number of para-hydroxylation sites is 2. The lowest BCUT2D eigenvalue weighted by molar-refractivity contribution is 0.669. The summed E-state index contributed by atoms with van der Waals surface area (Å²) in [4.78, 5) is 4.49. The first-order valence-electron chi connectivity index (χ1n) is 13.2. The third kappa shape index (κ3) is 3.35. The summed E-state index contributed by atoms with van der Waals surface area (Å²) in [7, 11) is 0. The topological polar surface area (TPSA) is 54.8 Å². The van der Waals surface area contributed by atoms with Crippen molar-refractivity contribution in [2.24, 2.45) is 0 Å². The molecule has 0 atom stereocenters. The summed E-state index contributed by atoms with van der Waals surface area (Å²) in [6.45, 7) is 0. The molecular formula is C36H21N3O. The second-order valence-electron chi connectivity index (χ2n) is 9.93. The van der Waals surface area contributed by atoms with Crippen LogP contribution in [0.15, 0.2) is 132 Å². The van der Waals surface area contributed by atoms with E-state index >= 15 is 0 Å². The number of fused-ring (bicyclic) bond motifs is 7. The molecule has 5 aromatic carbocycles. The second kappa shape index (κ2) is 8.69. The molecule has 3 heterocycles. The lowest BCUT2D eigenvalue weighted by atomic mass is 10.0. The molecule has 0 fully saturated rings. The van der Waals surface area contributed by atoms with E-state index in [1.54, 1.807) is 6.07 Å². The summed E-state index contributed by atoms with van der Waals surface area (Å²) >= 11 is 0. The van der Waals surface area contributed by atoms with Crippen molar-refractivity contribution in [3.63, 3.8) is 0 Å². The van der Waals surface area contributed by atoms with E-state index < -0.39 is 0 Å². The van der Waals surface area contributed by atoms with Crippen LogP contribution in [-0.2, 0) is 0 Å². The monoisotopic (exact) mass is 511 g/mol. The summed E-state index contributed by atoms with van der Waals surface area (Å²) in [5.74, 6) is 0. The van der Waals surface area contributed by atoms with Crippen LogP contribution in [-0.4, -0.2) is 9.55 Å². The lowest BCUT2D eigenvalue weighted by Crippen LogP contribution is -1.94. The van der Waals surface area contributed by atoms with E-state index in [1.807, 2.05) is 36.4 Å². The summed E-state index contributed by atoms with van der Waals surface area (Å²) < 4.78 is 8.58. The highest BCUT2D eigenvalue weighted by Gasteiger charge is 2.18. The molecule has 0 saturated carbocycles. The van der Waals surface area contributed by atoms with Gasteiger partial charge in [0.25, 0.3) is 0 Å². The molecule has 0 spiro atoms. The average Bonchev–Trinajstić information content (AvgIpc) is 3.57. The molecule has 0 bridgehead atoms.